The fourth-order valence-electron chi connectivity index (χ4n) is 2.85. The van der Waals surface area contributed by atoms with Gasteiger partial charge in [-0.15, -0.1) is 11.3 Å². The van der Waals surface area contributed by atoms with E-state index in [-0.39, 0.29) is 0 Å². The summed E-state index contributed by atoms with van der Waals surface area (Å²) in [5.74, 6) is -0.781. The molecule has 6 nitrogen and oxygen atoms in total. The van der Waals surface area contributed by atoms with E-state index in [1.807, 2.05) is 15.8 Å². The minimum Gasteiger partial charge on any atom is -0.365 e. The Kier molecular flexibility index (Phi) is 4.82. The lowest BCUT2D eigenvalue weighted by Crippen LogP contribution is -2.31. The van der Waals surface area contributed by atoms with E-state index in [2.05, 4.69) is 9.88 Å². The SMILES string of the molecule is O=[N+]([O-])c1c(F)cccc1N1CCCN(Cc2cscn2)CC1. The van der Waals surface area contributed by atoms with Gasteiger partial charge in [0.15, 0.2) is 0 Å². The third-order valence-electron chi connectivity index (χ3n) is 3.95. The molecule has 0 radical (unpaired) electrons. The van der Waals surface area contributed by atoms with Gasteiger partial charge in [-0.05, 0) is 18.6 Å². The molecule has 0 N–H and O–H groups in total. The predicted molar refractivity (Wildman–Crippen MR) is 87.3 cm³/mol. The van der Waals surface area contributed by atoms with Gasteiger partial charge in [0, 0.05) is 38.1 Å². The number of thiazole rings is 1. The molecular formula is C15H17FN4O2S. The molecule has 1 aromatic carbocycles. The molecular weight excluding hydrogens is 319 g/mol. The molecule has 122 valence electrons. The average molecular weight is 336 g/mol. The monoisotopic (exact) mass is 336 g/mol. The zero-order valence-corrected chi connectivity index (χ0v) is 13.3. The molecule has 1 aliphatic heterocycles. The first-order valence-electron chi connectivity index (χ1n) is 7.42. The summed E-state index contributed by atoms with van der Waals surface area (Å²) in [6.45, 7) is 3.76. The normalized spacial score (nSPS) is 16.3. The Balaban J connectivity index is 1.73. The van der Waals surface area contributed by atoms with Gasteiger partial charge in [0.2, 0.25) is 5.82 Å². The van der Waals surface area contributed by atoms with E-state index < -0.39 is 16.4 Å². The van der Waals surface area contributed by atoms with E-state index in [0.717, 1.165) is 37.8 Å². The molecule has 1 fully saturated rings. The quantitative estimate of drug-likeness (QED) is 0.634. The highest BCUT2D eigenvalue weighted by Gasteiger charge is 2.25. The molecule has 1 saturated heterocycles. The lowest BCUT2D eigenvalue weighted by Gasteiger charge is -2.23. The fourth-order valence-corrected chi connectivity index (χ4v) is 3.40. The second kappa shape index (κ2) is 7.01. The van der Waals surface area contributed by atoms with Crippen LogP contribution < -0.4 is 4.90 Å². The first-order chi connectivity index (χ1) is 11.1. The van der Waals surface area contributed by atoms with Gasteiger partial charge in [0.1, 0.15) is 5.69 Å². The Hall–Kier alpha value is -2.06. The van der Waals surface area contributed by atoms with Gasteiger partial charge in [-0.3, -0.25) is 15.0 Å². The summed E-state index contributed by atoms with van der Waals surface area (Å²) in [5.41, 5.74) is 2.79. The van der Waals surface area contributed by atoms with Crippen molar-refractivity contribution < 1.29 is 9.31 Å². The number of benzene rings is 1. The van der Waals surface area contributed by atoms with Crippen LogP contribution in [0, 0.1) is 15.9 Å². The summed E-state index contributed by atoms with van der Waals surface area (Å²) >= 11 is 1.57. The highest BCUT2D eigenvalue weighted by Crippen LogP contribution is 2.31. The van der Waals surface area contributed by atoms with Crippen LogP contribution in [0.5, 0.6) is 0 Å². The molecule has 8 heteroatoms. The fraction of sp³-hybridized carbons (Fsp3) is 0.400. The summed E-state index contributed by atoms with van der Waals surface area (Å²) in [6, 6.07) is 4.28. The zero-order chi connectivity index (χ0) is 16.2. The number of nitro benzene ring substituents is 1. The number of nitrogens with zero attached hydrogens (tertiary/aromatic N) is 4. The van der Waals surface area contributed by atoms with Crippen LogP contribution in [0.2, 0.25) is 0 Å². The van der Waals surface area contributed by atoms with Crippen LogP contribution in [0.1, 0.15) is 12.1 Å². The maximum absolute atomic E-state index is 13.8. The second-order valence-electron chi connectivity index (χ2n) is 5.46. The molecule has 3 rings (SSSR count). The molecule has 1 aliphatic rings. The lowest BCUT2D eigenvalue weighted by molar-refractivity contribution is -0.386. The molecule has 0 unspecified atom stereocenters. The Morgan fingerprint density at radius 2 is 2.17 bits per heavy atom. The Morgan fingerprint density at radius 3 is 2.91 bits per heavy atom. The highest BCUT2D eigenvalue weighted by molar-refractivity contribution is 7.07. The molecule has 0 spiro atoms. The number of halogens is 1. The first kappa shape index (κ1) is 15.8. The third-order valence-corrected chi connectivity index (χ3v) is 4.58. The number of nitro groups is 1. The number of rotatable bonds is 4. The maximum Gasteiger partial charge on any atom is 0.327 e. The van der Waals surface area contributed by atoms with E-state index in [1.54, 1.807) is 17.4 Å². The minimum absolute atomic E-state index is 0.366. The molecule has 0 saturated carbocycles. The number of anilines is 1. The molecule has 0 atom stereocenters. The number of para-hydroxylation sites is 1. The van der Waals surface area contributed by atoms with Crippen molar-refractivity contribution in [2.45, 2.75) is 13.0 Å². The zero-order valence-electron chi connectivity index (χ0n) is 12.5. The van der Waals surface area contributed by atoms with E-state index in [1.165, 1.54) is 6.07 Å². The summed E-state index contributed by atoms with van der Waals surface area (Å²) < 4.78 is 13.8. The van der Waals surface area contributed by atoms with Gasteiger partial charge in [-0.2, -0.15) is 4.39 Å². The van der Waals surface area contributed by atoms with E-state index in [4.69, 9.17) is 0 Å². The molecule has 0 amide bonds. The summed E-state index contributed by atoms with van der Waals surface area (Å²) in [5, 5.41) is 13.2. The van der Waals surface area contributed by atoms with Gasteiger partial charge < -0.3 is 4.90 Å². The topological polar surface area (TPSA) is 62.5 Å². The van der Waals surface area contributed by atoms with Crippen LogP contribution in [0.15, 0.2) is 29.1 Å². The van der Waals surface area contributed by atoms with Crippen LogP contribution in [0.3, 0.4) is 0 Å². The van der Waals surface area contributed by atoms with Gasteiger partial charge in [0.05, 0.1) is 16.1 Å². The van der Waals surface area contributed by atoms with Crippen molar-refractivity contribution in [1.82, 2.24) is 9.88 Å². The summed E-state index contributed by atoms with van der Waals surface area (Å²) in [6.07, 6.45) is 0.873. The van der Waals surface area contributed by atoms with Gasteiger partial charge in [0.25, 0.3) is 0 Å². The Morgan fingerprint density at radius 1 is 1.30 bits per heavy atom. The van der Waals surface area contributed by atoms with Crippen LogP contribution in [0.25, 0.3) is 0 Å². The first-order valence-corrected chi connectivity index (χ1v) is 8.36. The highest BCUT2D eigenvalue weighted by atomic mass is 32.1. The van der Waals surface area contributed by atoms with E-state index >= 15 is 0 Å². The summed E-state index contributed by atoms with van der Waals surface area (Å²) in [4.78, 5) is 19.0. The van der Waals surface area contributed by atoms with Gasteiger partial charge in [-0.1, -0.05) is 6.07 Å². The van der Waals surface area contributed by atoms with Crippen molar-refractivity contribution in [2.75, 3.05) is 31.1 Å². The van der Waals surface area contributed by atoms with Crippen LogP contribution >= 0.6 is 11.3 Å². The molecule has 2 heterocycles. The molecule has 23 heavy (non-hydrogen) atoms. The largest absolute Gasteiger partial charge is 0.365 e. The standard InChI is InChI=1S/C15H17FN4O2S/c16-13-3-1-4-14(15(13)20(21)22)19-6-2-5-18(7-8-19)9-12-10-23-11-17-12/h1,3-4,10-11H,2,5-9H2. The number of aromatic nitrogens is 1. The second-order valence-corrected chi connectivity index (χ2v) is 6.18. The van der Waals surface area contributed by atoms with Crippen molar-refractivity contribution in [3.63, 3.8) is 0 Å². The Bertz CT molecular complexity index is 680. The number of hydrogen-bond acceptors (Lipinski definition) is 6. The molecule has 1 aromatic heterocycles. The van der Waals surface area contributed by atoms with Crippen LogP contribution in [-0.2, 0) is 6.54 Å². The third kappa shape index (κ3) is 3.65. The van der Waals surface area contributed by atoms with Crippen LogP contribution in [-0.4, -0.2) is 41.0 Å². The predicted octanol–water partition coefficient (Wildman–Crippen LogP) is 2.90. The van der Waals surface area contributed by atoms with Gasteiger partial charge >= 0.3 is 5.69 Å². The lowest BCUT2D eigenvalue weighted by atomic mass is 10.2. The number of hydrogen-bond donors (Lipinski definition) is 0. The minimum atomic E-state index is -0.781. The van der Waals surface area contributed by atoms with Crippen molar-refractivity contribution in [3.8, 4) is 0 Å². The average Bonchev–Trinajstić information content (AvgIpc) is 2.91. The van der Waals surface area contributed by atoms with E-state index in [9.17, 15) is 14.5 Å². The van der Waals surface area contributed by atoms with Crippen molar-refractivity contribution in [2.24, 2.45) is 0 Å². The molecule has 0 bridgehead atoms. The molecule has 2 aromatic rings. The maximum atomic E-state index is 13.8. The van der Waals surface area contributed by atoms with Crippen LogP contribution in [0.4, 0.5) is 15.8 Å². The molecule has 0 aliphatic carbocycles. The van der Waals surface area contributed by atoms with Gasteiger partial charge in [-0.25, -0.2) is 4.98 Å². The Labute approximate surface area is 137 Å². The van der Waals surface area contributed by atoms with Crippen molar-refractivity contribution >= 4 is 22.7 Å². The van der Waals surface area contributed by atoms with Crippen molar-refractivity contribution in [1.29, 1.82) is 0 Å². The van der Waals surface area contributed by atoms with E-state index in [0.29, 0.717) is 18.8 Å². The van der Waals surface area contributed by atoms with Crippen molar-refractivity contribution in [3.05, 3.63) is 50.7 Å². The summed E-state index contributed by atoms with van der Waals surface area (Å²) in [7, 11) is 0. The smallest absolute Gasteiger partial charge is 0.327 e.